The lowest BCUT2D eigenvalue weighted by Crippen LogP contribution is -2.39. The third kappa shape index (κ3) is 6.83. The van der Waals surface area contributed by atoms with E-state index >= 15 is 0 Å². The van der Waals surface area contributed by atoms with Gasteiger partial charge in [0.25, 0.3) is 5.91 Å². The number of benzene rings is 3. The summed E-state index contributed by atoms with van der Waals surface area (Å²) in [6.45, 7) is -0.414. The Morgan fingerprint density at radius 1 is 1.00 bits per heavy atom. The van der Waals surface area contributed by atoms with Gasteiger partial charge in [-0.15, -0.1) is 0 Å². The molecule has 0 radical (unpaired) electrons. The van der Waals surface area contributed by atoms with Gasteiger partial charge < -0.3 is 4.74 Å². The zero-order valence-corrected chi connectivity index (χ0v) is 20.6. The maximum Gasteiger partial charge on any atom is 0.337 e. The Bertz CT molecular complexity index is 1260. The first-order valence-electron chi connectivity index (χ1n) is 10.1. The van der Waals surface area contributed by atoms with Crippen molar-refractivity contribution < 1.29 is 22.7 Å². The normalized spacial score (nSPS) is 11.5. The van der Waals surface area contributed by atoms with E-state index in [0.717, 1.165) is 14.3 Å². The van der Waals surface area contributed by atoms with E-state index in [-0.39, 0.29) is 11.4 Å². The summed E-state index contributed by atoms with van der Waals surface area (Å²) < 4.78 is 33.0. The molecular formula is C24H22BrN3O5S. The van der Waals surface area contributed by atoms with Crippen molar-refractivity contribution >= 4 is 44.0 Å². The van der Waals surface area contributed by atoms with Crippen LogP contribution in [0.25, 0.3) is 0 Å². The SMILES string of the molecule is COC(=O)c1ccc(/C=N/NC(=O)CN(Cc2ccc(Br)cc2)S(=O)(=O)c2ccccc2)cc1. The minimum Gasteiger partial charge on any atom is -0.465 e. The van der Waals surface area contributed by atoms with Gasteiger partial charge in [0.05, 0.1) is 30.3 Å². The molecule has 0 heterocycles. The Labute approximate surface area is 206 Å². The van der Waals surface area contributed by atoms with Gasteiger partial charge in [-0.2, -0.15) is 9.41 Å². The molecule has 3 rings (SSSR count). The van der Waals surface area contributed by atoms with Crippen molar-refractivity contribution in [3.63, 3.8) is 0 Å². The highest BCUT2D eigenvalue weighted by atomic mass is 79.9. The van der Waals surface area contributed by atoms with Crippen molar-refractivity contribution in [2.24, 2.45) is 5.10 Å². The van der Waals surface area contributed by atoms with Crippen LogP contribution in [0.3, 0.4) is 0 Å². The van der Waals surface area contributed by atoms with Gasteiger partial charge in [0.15, 0.2) is 0 Å². The van der Waals surface area contributed by atoms with E-state index in [2.05, 4.69) is 31.2 Å². The van der Waals surface area contributed by atoms with Crippen LogP contribution in [-0.2, 0) is 26.1 Å². The molecule has 0 fully saturated rings. The molecule has 8 nitrogen and oxygen atoms in total. The number of esters is 1. The molecule has 0 bridgehead atoms. The number of hydrogen-bond donors (Lipinski definition) is 1. The van der Waals surface area contributed by atoms with Gasteiger partial charge >= 0.3 is 5.97 Å². The van der Waals surface area contributed by atoms with Gasteiger partial charge in [0.2, 0.25) is 10.0 Å². The fourth-order valence-electron chi connectivity index (χ4n) is 2.96. The Balaban J connectivity index is 1.72. The third-order valence-corrected chi connectivity index (χ3v) is 7.04. The fourth-order valence-corrected chi connectivity index (χ4v) is 4.63. The molecule has 0 aromatic heterocycles. The lowest BCUT2D eigenvalue weighted by atomic mass is 10.1. The summed E-state index contributed by atoms with van der Waals surface area (Å²) in [5, 5.41) is 3.89. The molecular weight excluding hydrogens is 522 g/mol. The first-order valence-corrected chi connectivity index (χ1v) is 12.3. The van der Waals surface area contributed by atoms with Crippen molar-refractivity contribution in [1.82, 2.24) is 9.73 Å². The van der Waals surface area contributed by atoms with E-state index in [4.69, 9.17) is 0 Å². The third-order valence-electron chi connectivity index (χ3n) is 4.71. The number of sulfonamides is 1. The summed E-state index contributed by atoms with van der Waals surface area (Å²) in [5.41, 5.74) is 4.10. The number of ether oxygens (including phenoxy) is 1. The van der Waals surface area contributed by atoms with Crippen LogP contribution in [0.15, 0.2) is 93.3 Å². The van der Waals surface area contributed by atoms with E-state index in [0.29, 0.717) is 11.1 Å². The number of hydrogen-bond acceptors (Lipinski definition) is 6. The highest BCUT2D eigenvalue weighted by Gasteiger charge is 2.26. The second-order valence-corrected chi connectivity index (χ2v) is 9.97. The molecule has 0 unspecified atom stereocenters. The van der Waals surface area contributed by atoms with Gasteiger partial charge in [-0.1, -0.05) is 58.4 Å². The molecule has 3 aromatic rings. The van der Waals surface area contributed by atoms with Crippen LogP contribution >= 0.6 is 15.9 Å². The predicted molar refractivity (Wildman–Crippen MR) is 132 cm³/mol. The van der Waals surface area contributed by atoms with Crippen LogP contribution in [0, 0.1) is 0 Å². The second kappa shape index (κ2) is 11.7. The van der Waals surface area contributed by atoms with Gasteiger partial charge in [0, 0.05) is 11.0 Å². The molecule has 0 atom stereocenters. The molecule has 176 valence electrons. The summed E-state index contributed by atoms with van der Waals surface area (Å²) in [6.07, 6.45) is 1.39. The van der Waals surface area contributed by atoms with Gasteiger partial charge in [-0.3, -0.25) is 4.79 Å². The van der Waals surface area contributed by atoms with E-state index in [1.165, 1.54) is 25.5 Å². The van der Waals surface area contributed by atoms with Crippen molar-refractivity contribution in [3.8, 4) is 0 Å². The zero-order valence-electron chi connectivity index (χ0n) is 18.2. The van der Waals surface area contributed by atoms with Crippen LogP contribution < -0.4 is 5.43 Å². The largest absolute Gasteiger partial charge is 0.465 e. The molecule has 0 aliphatic heterocycles. The van der Waals surface area contributed by atoms with Gasteiger partial charge in [-0.05, 0) is 47.5 Å². The topological polar surface area (TPSA) is 105 Å². The zero-order chi connectivity index (χ0) is 24.6. The lowest BCUT2D eigenvalue weighted by Gasteiger charge is -2.21. The minimum atomic E-state index is -3.93. The molecule has 0 saturated heterocycles. The summed E-state index contributed by atoms with van der Waals surface area (Å²) in [7, 11) is -2.64. The van der Waals surface area contributed by atoms with Crippen molar-refractivity contribution in [3.05, 3.63) is 100 Å². The number of halogens is 1. The van der Waals surface area contributed by atoms with Crippen LogP contribution in [0.2, 0.25) is 0 Å². The molecule has 0 aliphatic rings. The highest BCUT2D eigenvalue weighted by Crippen LogP contribution is 2.19. The van der Waals surface area contributed by atoms with Crippen molar-refractivity contribution in [2.45, 2.75) is 11.4 Å². The Hall–Kier alpha value is -3.34. The van der Waals surface area contributed by atoms with Crippen LogP contribution in [0.1, 0.15) is 21.5 Å². The number of amides is 1. The number of carbonyl (C=O) groups is 2. The quantitative estimate of drug-likeness (QED) is 0.252. The molecule has 1 amide bonds. The fraction of sp³-hybridized carbons (Fsp3) is 0.125. The summed E-state index contributed by atoms with van der Waals surface area (Å²) in [4.78, 5) is 24.1. The number of methoxy groups -OCH3 is 1. The van der Waals surface area contributed by atoms with Crippen LogP contribution in [0.4, 0.5) is 0 Å². The average Bonchev–Trinajstić information content (AvgIpc) is 2.85. The second-order valence-electron chi connectivity index (χ2n) is 7.12. The molecule has 1 N–H and O–H groups in total. The van der Waals surface area contributed by atoms with Crippen molar-refractivity contribution in [1.29, 1.82) is 0 Å². The average molecular weight is 544 g/mol. The van der Waals surface area contributed by atoms with E-state index in [1.54, 1.807) is 66.7 Å². The summed E-state index contributed by atoms with van der Waals surface area (Å²) >= 11 is 3.36. The Morgan fingerprint density at radius 3 is 2.26 bits per heavy atom. The Morgan fingerprint density at radius 2 is 1.65 bits per heavy atom. The van der Waals surface area contributed by atoms with Crippen LogP contribution in [0.5, 0.6) is 0 Å². The summed E-state index contributed by atoms with van der Waals surface area (Å²) in [5.74, 6) is -1.05. The number of carbonyl (C=O) groups excluding carboxylic acids is 2. The van der Waals surface area contributed by atoms with Gasteiger partial charge in [0.1, 0.15) is 0 Å². The molecule has 34 heavy (non-hydrogen) atoms. The predicted octanol–water partition coefficient (Wildman–Crippen LogP) is 3.58. The number of nitrogens with one attached hydrogen (secondary N) is 1. The van der Waals surface area contributed by atoms with E-state index < -0.39 is 28.4 Å². The first kappa shape index (κ1) is 25.3. The summed E-state index contributed by atoms with van der Waals surface area (Å²) in [6, 6.07) is 21.5. The Kier molecular flexibility index (Phi) is 8.69. The molecule has 0 aliphatic carbocycles. The lowest BCUT2D eigenvalue weighted by molar-refractivity contribution is -0.121. The number of hydrazone groups is 1. The maximum absolute atomic E-state index is 13.2. The van der Waals surface area contributed by atoms with Crippen molar-refractivity contribution in [2.75, 3.05) is 13.7 Å². The number of nitrogens with zero attached hydrogens (tertiary/aromatic N) is 2. The molecule has 3 aromatic carbocycles. The van der Waals surface area contributed by atoms with E-state index in [9.17, 15) is 18.0 Å². The smallest absolute Gasteiger partial charge is 0.337 e. The highest BCUT2D eigenvalue weighted by molar-refractivity contribution is 9.10. The first-order chi connectivity index (χ1) is 16.3. The minimum absolute atomic E-state index is 0.0105. The molecule has 0 spiro atoms. The molecule has 10 heteroatoms. The number of rotatable bonds is 9. The van der Waals surface area contributed by atoms with Crippen LogP contribution in [-0.4, -0.2) is 44.5 Å². The monoisotopic (exact) mass is 543 g/mol. The van der Waals surface area contributed by atoms with E-state index in [1.807, 2.05) is 0 Å². The maximum atomic E-state index is 13.2. The standard InChI is InChI=1S/C24H22BrN3O5S/c1-33-24(30)20-11-7-18(8-12-20)15-26-27-23(29)17-28(16-19-9-13-21(25)14-10-19)34(31,32)22-5-3-2-4-6-22/h2-15H,16-17H2,1H3,(H,27,29)/b26-15+. The molecule has 0 saturated carbocycles. The van der Waals surface area contributed by atoms with Gasteiger partial charge in [-0.25, -0.2) is 18.6 Å².